The van der Waals surface area contributed by atoms with Crippen molar-refractivity contribution in [2.75, 3.05) is 7.11 Å². The van der Waals surface area contributed by atoms with Gasteiger partial charge in [-0.2, -0.15) is 0 Å². The van der Waals surface area contributed by atoms with Crippen LogP contribution in [0.5, 0.6) is 0 Å². The Hall–Kier alpha value is -1.68. The summed E-state index contributed by atoms with van der Waals surface area (Å²) in [7, 11) is 1.65. The third-order valence-electron chi connectivity index (χ3n) is 4.40. The fraction of sp³-hybridized carbons (Fsp3) is 0.619. The van der Waals surface area contributed by atoms with Gasteiger partial charge in [-0.1, -0.05) is 38.0 Å². The Bertz CT molecular complexity index is 502. The van der Waals surface area contributed by atoms with Crippen molar-refractivity contribution < 1.29 is 19.1 Å². The summed E-state index contributed by atoms with van der Waals surface area (Å²) in [5.74, 6) is 1.13. The molecule has 4 heteroatoms. The number of aldehydes is 1. The van der Waals surface area contributed by atoms with Crippen LogP contribution >= 0.6 is 0 Å². The van der Waals surface area contributed by atoms with Gasteiger partial charge in [0.15, 0.2) is 5.78 Å². The zero-order valence-electron chi connectivity index (χ0n) is 15.8. The van der Waals surface area contributed by atoms with E-state index in [0.717, 1.165) is 56.1 Å². The smallest absolute Gasteiger partial charge is 0.206 e. The van der Waals surface area contributed by atoms with E-state index in [1.807, 2.05) is 19.1 Å². The van der Waals surface area contributed by atoms with E-state index in [1.165, 1.54) is 0 Å². The minimum Gasteiger partial charge on any atom is -0.469 e. The normalized spacial score (nSPS) is 20.6. The lowest BCUT2D eigenvalue weighted by atomic mass is 9.93. The van der Waals surface area contributed by atoms with Gasteiger partial charge in [-0.15, -0.1) is 0 Å². The first-order valence-corrected chi connectivity index (χ1v) is 9.33. The number of rotatable bonds is 13. The maximum Gasteiger partial charge on any atom is 0.206 e. The van der Waals surface area contributed by atoms with Crippen molar-refractivity contribution in [2.24, 2.45) is 5.92 Å². The highest BCUT2D eigenvalue weighted by molar-refractivity contribution is 5.90. The summed E-state index contributed by atoms with van der Waals surface area (Å²) in [6.45, 7) is 4.06. The Balaban J connectivity index is 2.60. The molecule has 2 atom stereocenters. The Morgan fingerprint density at radius 1 is 1.20 bits per heavy atom. The third-order valence-corrected chi connectivity index (χ3v) is 4.40. The monoisotopic (exact) mass is 348 g/mol. The average molecular weight is 348 g/mol. The predicted molar refractivity (Wildman–Crippen MR) is 100 cm³/mol. The molecule has 0 aromatic heterocycles. The van der Waals surface area contributed by atoms with Gasteiger partial charge in [0.05, 0.1) is 5.92 Å². The summed E-state index contributed by atoms with van der Waals surface area (Å²) < 4.78 is 11.2. The molecule has 1 aliphatic rings. The molecule has 1 heterocycles. The number of ketones is 1. The lowest BCUT2D eigenvalue weighted by molar-refractivity contribution is -0.114. The van der Waals surface area contributed by atoms with E-state index in [9.17, 15) is 9.59 Å². The van der Waals surface area contributed by atoms with Gasteiger partial charge in [0, 0.05) is 20.0 Å². The summed E-state index contributed by atoms with van der Waals surface area (Å²) >= 11 is 0. The molecule has 1 rings (SSSR count). The van der Waals surface area contributed by atoms with Crippen molar-refractivity contribution in [2.45, 2.75) is 71.5 Å². The van der Waals surface area contributed by atoms with Gasteiger partial charge in [0.1, 0.15) is 12.0 Å². The largest absolute Gasteiger partial charge is 0.469 e. The molecule has 0 bridgehead atoms. The number of methoxy groups -OCH3 is 1. The molecule has 0 unspecified atom stereocenters. The molecule has 4 nitrogen and oxygen atoms in total. The van der Waals surface area contributed by atoms with Gasteiger partial charge in [-0.25, -0.2) is 0 Å². The van der Waals surface area contributed by atoms with E-state index in [0.29, 0.717) is 12.8 Å². The van der Waals surface area contributed by atoms with Gasteiger partial charge >= 0.3 is 0 Å². The fourth-order valence-electron chi connectivity index (χ4n) is 2.97. The molecule has 0 fully saturated rings. The molecule has 140 valence electrons. The number of carbonyl (C=O) groups is 2. The van der Waals surface area contributed by atoms with Crippen molar-refractivity contribution in [3.05, 3.63) is 35.6 Å². The summed E-state index contributed by atoms with van der Waals surface area (Å²) in [4.78, 5) is 22.3. The Kier molecular flexibility index (Phi) is 10.8. The second-order valence-corrected chi connectivity index (χ2v) is 6.39. The minimum absolute atomic E-state index is 0.125. The summed E-state index contributed by atoms with van der Waals surface area (Å²) in [5, 5.41) is 0. The van der Waals surface area contributed by atoms with Gasteiger partial charge in [-0.05, 0) is 44.3 Å². The van der Waals surface area contributed by atoms with Crippen molar-refractivity contribution in [1.82, 2.24) is 0 Å². The van der Waals surface area contributed by atoms with Crippen LogP contribution in [0.25, 0.3) is 0 Å². The van der Waals surface area contributed by atoms with Gasteiger partial charge in [-0.3, -0.25) is 4.79 Å². The molecule has 0 radical (unpaired) electrons. The molecule has 0 saturated carbocycles. The Morgan fingerprint density at radius 3 is 2.64 bits per heavy atom. The predicted octanol–water partition coefficient (Wildman–Crippen LogP) is 4.90. The van der Waals surface area contributed by atoms with Crippen LogP contribution in [0.3, 0.4) is 0 Å². The zero-order valence-corrected chi connectivity index (χ0v) is 15.8. The maximum atomic E-state index is 12.0. The second-order valence-electron chi connectivity index (χ2n) is 6.39. The highest BCUT2D eigenvalue weighted by atomic mass is 16.7. The molecular weight excluding hydrogens is 316 g/mol. The van der Waals surface area contributed by atoms with Gasteiger partial charge < -0.3 is 14.3 Å². The van der Waals surface area contributed by atoms with Crippen LogP contribution in [0, 0.1) is 5.92 Å². The molecule has 0 N–H and O–H groups in total. The van der Waals surface area contributed by atoms with E-state index in [4.69, 9.17) is 9.47 Å². The fourth-order valence-corrected chi connectivity index (χ4v) is 2.97. The van der Waals surface area contributed by atoms with Crippen LogP contribution < -0.4 is 0 Å². The van der Waals surface area contributed by atoms with E-state index < -0.39 is 0 Å². The first-order valence-electron chi connectivity index (χ1n) is 9.33. The van der Waals surface area contributed by atoms with E-state index in [2.05, 4.69) is 13.0 Å². The van der Waals surface area contributed by atoms with Crippen LogP contribution in [0.1, 0.15) is 65.2 Å². The molecular formula is C21H32O4. The standard InChI is InChI=1S/C21H32O4/c1-4-5-9-12-18(23)14-15-19-17(2)25-21(24-3)20(19)13-10-7-6-8-11-16-22/h6-7,14-16,20-21H,4-5,8-13H2,1-3H3/b7-6-,15-14+/t20-,21-/m1/s1. The van der Waals surface area contributed by atoms with Crippen molar-refractivity contribution in [1.29, 1.82) is 0 Å². The topological polar surface area (TPSA) is 52.6 Å². The third kappa shape index (κ3) is 7.82. The molecule has 0 aliphatic carbocycles. The van der Waals surface area contributed by atoms with Crippen LogP contribution in [-0.4, -0.2) is 25.5 Å². The van der Waals surface area contributed by atoms with Crippen LogP contribution in [-0.2, 0) is 19.1 Å². The first kappa shape index (κ1) is 21.4. The van der Waals surface area contributed by atoms with E-state index in [1.54, 1.807) is 13.2 Å². The average Bonchev–Trinajstić information content (AvgIpc) is 2.91. The number of hydrogen-bond acceptors (Lipinski definition) is 4. The van der Waals surface area contributed by atoms with Gasteiger partial charge in [0.25, 0.3) is 0 Å². The Labute approximate surface area is 152 Å². The molecule has 0 amide bonds. The Morgan fingerprint density at radius 2 is 1.96 bits per heavy atom. The van der Waals surface area contributed by atoms with E-state index in [-0.39, 0.29) is 18.0 Å². The van der Waals surface area contributed by atoms with Crippen LogP contribution in [0.2, 0.25) is 0 Å². The molecule has 0 aromatic rings. The number of unbranched alkanes of at least 4 members (excludes halogenated alkanes) is 3. The van der Waals surface area contributed by atoms with Gasteiger partial charge in [0.2, 0.25) is 6.29 Å². The quantitative estimate of drug-likeness (QED) is 0.206. The first-order chi connectivity index (χ1) is 12.1. The lowest BCUT2D eigenvalue weighted by Gasteiger charge is -2.18. The lowest BCUT2D eigenvalue weighted by Crippen LogP contribution is -2.20. The molecule has 0 saturated heterocycles. The van der Waals surface area contributed by atoms with Crippen molar-refractivity contribution >= 4 is 12.1 Å². The number of carbonyl (C=O) groups excluding carboxylic acids is 2. The number of allylic oxidation sites excluding steroid dienone is 5. The van der Waals surface area contributed by atoms with E-state index >= 15 is 0 Å². The minimum atomic E-state index is -0.293. The molecule has 25 heavy (non-hydrogen) atoms. The number of ether oxygens (including phenoxy) is 2. The summed E-state index contributed by atoms with van der Waals surface area (Å²) in [6.07, 6.45) is 15.3. The molecule has 0 spiro atoms. The van der Waals surface area contributed by atoms with Crippen LogP contribution in [0.15, 0.2) is 35.6 Å². The van der Waals surface area contributed by atoms with Crippen LogP contribution in [0.4, 0.5) is 0 Å². The highest BCUT2D eigenvalue weighted by Gasteiger charge is 2.33. The highest BCUT2D eigenvalue weighted by Crippen LogP contribution is 2.35. The summed E-state index contributed by atoms with van der Waals surface area (Å²) in [6, 6.07) is 0. The molecule has 0 aromatic carbocycles. The zero-order chi connectivity index (χ0) is 18.5. The summed E-state index contributed by atoms with van der Waals surface area (Å²) in [5.41, 5.74) is 1.05. The molecule has 1 aliphatic heterocycles. The second kappa shape index (κ2) is 12.6. The number of hydrogen-bond donors (Lipinski definition) is 0. The maximum absolute atomic E-state index is 12.0. The van der Waals surface area contributed by atoms with Crippen molar-refractivity contribution in [3.8, 4) is 0 Å². The van der Waals surface area contributed by atoms with Crippen molar-refractivity contribution in [3.63, 3.8) is 0 Å². The SMILES string of the molecule is CCCCCC(=O)/C=C/C1=C(C)O[C@@H](OC)[C@@H]1CC/C=C\CCC=O.